The van der Waals surface area contributed by atoms with Crippen LogP contribution in [0.1, 0.15) is 60.6 Å². The van der Waals surface area contributed by atoms with Crippen LogP contribution in [0.25, 0.3) is 5.65 Å². The molecule has 1 aliphatic heterocycles. The van der Waals surface area contributed by atoms with Gasteiger partial charge in [0.05, 0.1) is 12.6 Å². The first-order valence-corrected chi connectivity index (χ1v) is 11.6. The van der Waals surface area contributed by atoms with E-state index < -0.39 is 12.0 Å². The maximum atomic E-state index is 14.2. The van der Waals surface area contributed by atoms with Gasteiger partial charge in [-0.2, -0.15) is 0 Å². The number of ether oxygens (including phenoxy) is 1. The van der Waals surface area contributed by atoms with Gasteiger partial charge in [-0.3, -0.25) is 5.32 Å². The number of nitrogens with zero attached hydrogens (tertiary/aromatic N) is 4. The Morgan fingerprint density at radius 1 is 1.26 bits per heavy atom. The zero-order valence-corrected chi connectivity index (χ0v) is 19.6. The fourth-order valence-electron chi connectivity index (χ4n) is 4.47. The third-order valence-electron chi connectivity index (χ3n) is 5.94. The number of hydrogen-bond donors (Lipinski definition) is 2. The number of urea groups is 1. The average molecular weight is 469 g/mol. The lowest BCUT2D eigenvalue weighted by Crippen LogP contribution is -2.26. The molecule has 0 aliphatic carbocycles. The van der Waals surface area contributed by atoms with Gasteiger partial charge in [0.2, 0.25) is 0 Å². The van der Waals surface area contributed by atoms with Crippen molar-refractivity contribution < 1.29 is 18.7 Å². The summed E-state index contributed by atoms with van der Waals surface area (Å²) >= 11 is 0. The molecule has 3 aromatic rings. The lowest BCUT2D eigenvalue weighted by Gasteiger charge is -2.28. The summed E-state index contributed by atoms with van der Waals surface area (Å²) in [5.74, 6) is -0.160. The lowest BCUT2D eigenvalue weighted by molar-refractivity contribution is 0.0529. The predicted octanol–water partition coefficient (Wildman–Crippen LogP) is 4.09. The van der Waals surface area contributed by atoms with E-state index >= 15 is 0 Å². The normalized spacial score (nSPS) is 15.5. The molecule has 9 nitrogen and oxygen atoms in total. The lowest BCUT2D eigenvalue weighted by atomic mass is 9.95. The number of anilines is 2. The Morgan fingerprint density at radius 2 is 2.09 bits per heavy atom. The number of hydrogen-bond acceptors (Lipinski definition) is 6. The minimum atomic E-state index is -0.623. The topological polar surface area (TPSA) is 101 Å². The summed E-state index contributed by atoms with van der Waals surface area (Å²) in [6.45, 7) is 4.73. The number of amides is 2. The molecule has 2 aromatic heterocycles. The highest BCUT2D eigenvalue weighted by Crippen LogP contribution is 2.38. The molecule has 1 fully saturated rings. The highest BCUT2D eigenvalue weighted by Gasteiger charge is 2.31. The number of nitrogens with one attached hydrogen (secondary N) is 2. The zero-order valence-electron chi connectivity index (χ0n) is 19.6. The Labute approximate surface area is 197 Å². The van der Waals surface area contributed by atoms with Crippen LogP contribution >= 0.6 is 0 Å². The van der Waals surface area contributed by atoms with Gasteiger partial charge in [-0.05, 0) is 55.5 Å². The molecule has 2 N–H and O–H groups in total. The van der Waals surface area contributed by atoms with Gasteiger partial charge in [0, 0.05) is 19.8 Å². The fourth-order valence-corrected chi connectivity index (χ4v) is 4.47. The number of aromatic nitrogens is 3. The van der Waals surface area contributed by atoms with Crippen LogP contribution in [0.3, 0.4) is 0 Å². The van der Waals surface area contributed by atoms with Gasteiger partial charge in [-0.1, -0.05) is 19.4 Å². The minimum absolute atomic E-state index is 0.0235. The van der Waals surface area contributed by atoms with Crippen molar-refractivity contribution in [1.82, 2.24) is 19.9 Å². The minimum Gasteiger partial charge on any atom is -0.462 e. The average Bonchev–Trinajstić information content (AvgIpc) is 3.44. The van der Waals surface area contributed by atoms with E-state index in [0.29, 0.717) is 5.82 Å². The van der Waals surface area contributed by atoms with Gasteiger partial charge < -0.3 is 15.0 Å². The third kappa shape index (κ3) is 4.52. The van der Waals surface area contributed by atoms with Crippen molar-refractivity contribution in [2.24, 2.45) is 0 Å². The van der Waals surface area contributed by atoms with Gasteiger partial charge in [-0.25, -0.2) is 23.5 Å². The van der Waals surface area contributed by atoms with Crippen LogP contribution in [0.4, 0.5) is 20.8 Å². The van der Waals surface area contributed by atoms with Crippen LogP contribution in [-0.2, 0) is 11.2 Å². The van der Waals surface area contributed by atoms with Gasteiger partial charge in [0.25, 0.3) is 0 Å². The van der Waals surface area contributed by atoms with E-state index in [9.17, 15) is 14.0 Å². The molecule has 10 heteroatoms. The molecule has 0 spiro atoms. The summed E-state index contributed by atoms with van der Waals surface area (Å²) in [6.07, 6.45) is 5.35. The van der Waals surface area contributed by atoms with E-state index in [2.05, 4.69) is 27.6 Å². The Bertz CT molecular complexity index is 1210. The Hall–Kier alpha value is -3.69. The third-order valence-corrected chi connectivity index (χ3v) is 5.94. The summed E-state index contributed by atoms with van der Waals surface area (Å²) in [5, 5.41) is 9.32. The van der Waals surface area contributed by atoms with Crippen molar-refractivity contribution in [2.75, 3.05) is 30.4 Å². The first-order chi connectivity index (χ1) is 16.5. The van der Waals surface area contributed by atoms with Gasteiger partial charge in [0.1, 0.15) is 17.2 Å². The zero-order chi connectivity index (χ0) is 24.2. The summed E-state index contributed by atoms with van der Waals surface area (Å²) < 4.78 is 20.8. The van der Waals surface area contributed by atoms with E-state index in [4.69, 9.17) is 9.72 Å². The quantitative estimate of drug-likeness (QED) is 0.507. The summed E-state index contributed by atoms with van der Waals surface area (Å²) in [7, 11) is 1.47. The molecule has 1 aromatic carbocycles. The van der Waals surface area contributed by atoms with Gasteiger partial charge >= 0.3 is 12.0 Å². The molecule has 1 unspecified atom stereocenters. The Kier molecular flexibility index (Phi) is 6.95. The molecule has 3 heterocycles. The first-order valence-electron chi connectivity index (χ1n) is 11.6. The van der Waals surface area contributed by atoms with Gasteiger partial charge in [0.15, 0.2) is 11.5 Å². The molecule has 4 rings (SSSR count). The Morgan fingerprint density at radius 3 is 2.82 bits per heavy atom. The number of halogens is 1. The highest BCUT2D eigenvalue weighted by atomic mass is 19.1. The molecular weight excluding hydrogens is 439 g/mol. The molecular formula is C24H29FN6O3. The molecule has 2 amide bonds. The van der Waals surface area contributed by atoms with Crippen LogP contribution in [0, 0.1) is 5.82 Å². The van der Waals surface area contributed by atoms with Crippen LogP contribution in [-0.4, -0.2) is 46.8 Å². The molecule has 1 atom stereocenters. The number of rotatable bonds is 7. The second-order valence-electron chi connectivity index (χ2n) is 8.15. The van der Waals surface area contributed by atoms with Crippen LogP contribution < -0.4 is 15.5 Å². The smallest absolute Gasteiger partial charge is 0.345 e. The Balaban J connectivity index is 1.77. The predicted molar refractivity (Wildman–Crippen MR) is 127 cm³/mol. The van der Waals surface area contributed by atoms with Crippen LogP contribution in [0.15, 0.2) is 30.5 Å². The fraction of sp³-hybridized carbons (Fsp3) is 0.417. The number of esters is 1. The molecule has 0 bridgehead atoms. The second kappa shape index (κ2) is 10.1. The first kappa shape index (κ1) is 23.5. The number of carbonyl (C=O) groups is 2. The monoisotopic (exact) mass is 468 g/mol. The number of benzene rings is 1. The standard InChI is InChI=1S/C24H29FN6O3/c1-4-7-15-9-10-16(25)14-17(15)18-8-6-12-30(18)19-11-13-31-22(27-19)20(23(32)34-5-2)21(29-31)28-24(33)26-3/h9-11,13-14,18H,4-8,12H2,1-3H3,(H2,26,28,29,33). The maximum Gasteiger partial charge on any atom is 0.345 e. The molecule has 0 radical (unpaired) electrons. The van der Waals surface area contributed by atoms with E-state index in [1.165, 1.54) is 17.6 Å². The summed E-state index contributed by atoms with van der Waals surface area (Å²) in [4.78, 5) is 31.5. The SMILES string of the molecule is CCCc1ccc(F)cc1C1CCCN1c1ccn2nc(NC(=O)NC)c(C(=O)OCC)c2n1. The second-order valence-corrected chi connectivity index (χ2v) is 8.15. The van der Waals surface area contributed by atoms with Crippen molar-refractivity contribution in [2.45, 2.75) is 45.6 Å². The van der Waals surface area contributed by atoms with Crippen molar-refractivity contribution in [1.29, 1.82) is 0 Å². The molecule has 34 heavy (non-hydrogen) atoms. The van der Waals surface area contributed by atoms with E-state index in [1.807, 2.05) is 12.1 Å². The van der Waals surface area contributed by atoms with Gasteiger partial charge in [-0.15, -0.1) is 5.10 Å². The molecule has 1 aliphatic rings. The van der Waals surface area contributed by atoms with Crippen molar-refractivity contribution in [3.05, 3.63) is 53.0 Å². The highest BCUT2D eigenvalue weighted by molar-refractivity contribution is 6.04. The van der Waals surface area contributed by atoms with E-state index in [0.717, 1.165) is 43.4 Å². The van der Waals surface area contributed by atoms with Crippen LogP contribution in [0.5, 0.6) is 0 Å². The van der Waals surface area contributed by atoms with E-state index in [-0.39, 0.29) is 35.5 Å². The molecule has 180 valence electrons. The number of fused-ring (bicyclic) bond motifs is 1. The largest absolute Gasteiger partial charge is 0.462 e. The molecule has 1 saturated heterocycles. The summed E-state index contributed by atoms with van der Waals surface area (Å²) in [5.41, 5.74) is 2.47. The molecule has 0 saturated carbocycles. The summed E-state index contributed by atoms with van der Waals surface area (Å²) in [6, 6.07) is 6.29. The number of carbonyl (C=O) groups excluding carboxylic acids is 2. The number of aryl methyl sites for hydroxylation is 1. The van der Waals surface area contributed by atoms with Crippen LogP contribution in [0.2, 0.25) is 0 Å². The van der Waals surface area contributed by atoms with E-state index in [1.54, 1.807) is 19.2 Å². The van der Waals surface area contributed by atoms with Crippen molar-refractivity contribution >= 4 is 29.3 Å². The van der Waals surface area contributed by atoms with Crippen molar-refractivity contribution in [3.63, 3.8) is 0 Å². The van der Waals surface area contributed by atoms with Crippen molar-refractivity contribution in [3.8, 4) is 0 Å². The maximum absolute atomic E-state index is 14.2.